The number of nitrogens with two attached hydrogens (primary N) is 1. The highest BCUT2D eigenvalue weighted by atomic mass is 16.5. The smallest absolute Gasteiger partial charge is 0.226 e. The summed E-state index contributed by atoms with van der Waals surface area (Å²) in [4.78, 5) is 0. The van der Waals surface area contributed by atoms with E-state index in [4.69, 9.17) is 20.5 Å². The quantitative estimate of drug-likeness (QED) is 0.663. The molecule has 1 aromatic rings. The number of para-hydroxylation sites is 2. The number of hydrogen-bond donors (Lipinski definition) is 1. The van der Waals surface area contributed by atoms with E-state index < -0.39 is 0 Å². The average molecular weight is 188 g/mol. The molecule has 0 fully saturated rings. The maximum Gasteiger partial charge on any atom is 0.226 e. The van der Waals surface area contributed by atoms with Gasteiger partial charge in [0.1, 0.15) is 18.4 Å². The molecule has 1 aliphatic heterocycles. The lowest BCUT2D eigenvalue weighted by molar-refractivity contribution is 0.348. The van der Waals surface area contributed by atoms with Gasteiger partial charge in [-0.2, -0.15) is 5.26 Å². The van der Waals surface area contributed by atoms with Crippen LogP contribution in [0.15, 0.2) is 35.7 Å². The van der Waals surface area contributed by atoms with Gasteiger partial charge in [0, 0.05) is 0 Å². The molecule has 0 radical (unpaired) electrons. The zero-order valence-corrected chi connectivity index (χ0v) is 7.36. The molecular weight excluding hydrogens is 180 g/mol. The number of nitriles is 1. The van der Waals surface area contributed by atoms with E-state index in [1.807, 2.05) is 12.1 Å². The summed E-state index contributed by atoms with van der Waals surface area (Å²) in [5.41, 5.74) is 5.89. The van der Waals surface area contributed by atoms with Crippen LogP contribution in [0.2, 0.25) is 0 Å². The van der Waals surface area contributed by atoms with Crippen molar-refractivity contribution in [3.63, 3.8) is 0 Å². The van der Waals surface area contributed by atoms with Crippen LogP contribution in [0.1, 0.15) is 0 Å². The summed E-state index contributed by atoms with van der Waals surface area (Å²) in [5.74, 6) is 1.22. The van der Waals surface area contributed by atoms with Gasteiger partial charge in [0.2, 0.25) is 5.76 Å². The maximum atomic E-state index is 8.74. The fraction of sp³-hybridized carbons (Fsp3) is 0.100. The topological polar surface area (TPSA) is 68.3 Å². The molecule has 14 heavy (non-hydrogen) atoms. The molecule has 0 unspecified atom stereocenters. The number of ether oxygens (including phenoxy) is 2. The molecule has 70 valence electrons. The van der Waals surface area contributed by atoms with Gasteiger partial charge >= 0.3 is 0 Å². The highest BCUT2D eigenvalue weighted by Gasteiger charge is 2.15. The van der Waals surface area contributed by atoms with Crippen LogP contribution in [0.4, 0.5) is 0 Å². The molecule has 0 aliphatic carbocycles. The van der Waals surface area contributed by atoms with E-state index in [9.17, 15) is 0 Å². The van der Waals surface area contributed by atoms with Crippen LogP contribution >= 0.6 is 0 Å². The Bertz CT molecular complexity index is 432. The van der Waals surface area contributed by atoms with Crippen molar-refractivity contribution < 1.29 is 9.47 Å². The minimum atomic E-state index is 0.106. The third-order valence-corrected chi connectivity index (χ3v) is 1.84. The van der Waals surface area contributed by atoms with Crippen molar-refractivity contribution in [1.82, 2.24) is 0 Å². The van der Waals surface area contributed by atoms with Crippen molar-refractivity contribution in [2.75, 3.05) is 6.61 Å². The summed E-state index contributed by atoms with van der Waals surface area (Å²) < 4.78 is 10.6. The lowest BCUT2D eigenvalue weighted by Gasteiger charge is -2.04. The van der Waals surface area contributed by atoms with Crippen LogP contribution in [0.25, 0.3) is 0 Å². The fourth-order valence-electron chi connectivity index (χ4n) is 1.14. The minimum Gasteiger partial charge on any atom is -0.483 e. The van der Waals surface area contributed by atoms with Crippen LogP contribution in [-0.4, -0.2) is 6.61 Å². The Morgan fingerprint density at radius 1 is 1.29 bits per heavy atom. The molecule has 0 atom stereocenters. The Labute approximate surface area is 81.2 Å². The van der Waals surface area contributed by atoms with Gasteiger partial charge in [0.05, 0.1) is 0 Å². The molecular formula is C10H8N2O2. The third-order valence-electron chi connectivity index (χ3n) is 1.84. The van der Waals surface area contributed by atoms with Crippen molar-refractivity contribution in [2.24, 2.45) is 5.73 Å². The summed E-state index contributed by atoms with van der Waals surface area (Å²) in [7, 11) is 0. The van der Waals surface area contributed by atoms with Crippen molar-refractivity contribution in [3.05, 3.63) is 35.7 Å². The number of benzene rings is 1. The first-order valence-electron chi connectivity index (χ1n) is 4.09. The van der Waals surface area contributed by atoms with E-state index in [-0.39, 0.29) is 12.4 Å². The molecule has 4 heteroatoms. The van der Waals surface area contributed by atoms with Gasteiger partial charge in [0.15, 0.2) is 11.5 Å². The van der Waals surface area contributed by atoms with Crippen molar-refractivity contribution in [3.8, 4) is 17.6 Å². The van der Waals surface area contributed by atoms with E-state index in [1.54, 1.807) is 18.2 Å². The van der Waals surface area contributed by atoms with E-state index in [0.29, 0.717) is 17.2 Å². The highest BCUT2D eigenvalue weighted by Crippen LogP contribution is 2.30. The molecule has 0 saturated carbocycles. The lowest BCUT2D eigenvalue weighted by atomic mass is 10.3. The Morgan fingerprint density at radius 2 is 2.00 bits per heavy atom. The second-order valence-corrected chi connectivity index (χ2v) is 2.80. The number of rotatable bonds is 0. The Balaban J connectivity index is 2.42. The van der Waals surface area contributed by atoms with E-state index in [0.717, 1.165) is 0 Å². The van der Waals surface area contributed by atoms with Gasteiger partial charge in [-0.25, -0.2) is 0 Å². The predicted molar refractivity (Wildman–Crippen MR) is 49.4 cm³/mol. The standard InChI is InChI=1S/C10H8N2O2/c11-5-10-7(12)6-13-8-3-1-2-4-9(8)14-10/h1-4H,6,12H2. The van der Waals surface area contributed by atoms with Crippen LogP contribution in [-0.2, 0) is 0 Å². The van der Waals surface area contributed by atoms with E-state index in [1.165, 1.54) is 0 Å². The van der Waals surface area contributed by atoms with Gasteiger partial charge in [-0.3, -0.25) is 0 Å². The second-order valence-electron chi connectivity index (χ2n) is 2.80. The molecule has 1 aliphatic rings. The summed E-state index contributed by atoms with van der Waals surface area (Å²) >= 11 is 0. The summed E-state index contributed by atoms with van der Waals surface area (Å²) in [6.45, 7) is 0.180. The SMILES string of the molecule is N#CC1=C(N)COc2ccccc2O1. The molecule has 1 heterocycles. The Hall–Kier alpha value is -2.15. The first-order valence-corrected chi connectivity index (χ1v) is 4.09. The lowest BCUT2D eigenvalue weighted by Crippen LogP contribution is -2.11. The Morgan fingerprint density at radius 3 is 2.71 bits per heavy atom. The number of allylic oxidation sites excluding steroid dienone is 1. The normalized spacial score (nSPS) is 14.5. The summed E-state index contributed by atoms with van der Waals surface area (Å²) in [6, 6.07) is 9.01. The maximum absolute atomic E-state index is 8.74. The highest BCUT2D eigenvalue weighted by molar-refractivity contribution is 5.43. The Kier molecular flexibility index (Phi) is 1.99. The molecule has 0 aromatic heterocycles. The van der Waals surface area contributed by atoms with Gasteiger partial charge < -0.3 is 15.2 Å². The molecule has 4 nitrogen and oxygen atoms in total. The molecule has 0 amide bonds. The minimum absolute atomic E-state index is 0.106. The van der Waals surface area contributed by atoms with Crippen LogP contribution in [0, 0.1) is 11.3 Å². The van der Waals surface area contributed by atoms with Crippen molar-refractivity contribution in [2.45, 2.75) is 0 Å². The average Bonchev–Trinajstić information content (AvgIpc) is 2.38. The van der Waals surface area contributed by atoms with Crippen LogP contribution in [0.5, 0.6) is 11.5 Å². The van der Waals surface area contributed by atoms with Gasteiger partial charge in [-0.1, -0.05) is 12.1 Å². The number of fused-ring (bicyclic) bond motifs is 1. The third kappa shape index (κ3) is 1.36. The zero-order chi connectivity index (χ0) is 9.97. The zero-order valence-electron chi connectivity index (χ0n) is 7.36. The van der Waals surface area contributed by atoms with E-state index in [2.05, 4.69) is 0 Å². The molecule has 0 spiro atoms. The van der Waals surface area contributed by atoms with Gasteiger partial charge in [-0.15, -0.1) is 0 Å². The fourth-order valence-corrected chi connectivity index (χ4v) is 1.14. The first-order chi connectivity index (χ1) is 6.81. The van der Waals surface area contributed by atoms with E-state index >= 15 is 0 Å². The molecule has 2 N–H and O–H groups in total. The van der Waals surface area contributed by atoms with Gasteiger partial charge in [-0.05, 0) is 12.1 Å². The monoisotopic (exact) mass is 188 g/mol. The van der Waals surface area contributed by atoms with Crippen LogP contribution < -0.4 is 15.2 Å². The van der Waals surface area contributed by atoms with Crippen LogP contribution in [0.3, 0.4) is 0 Å². The van der Waals surface area contributed by atoms with Crippen molar-refractivity contribution in [1.29, 1.82) is 5.26 Å². The van der Waals surface area contributed by atoms with Gasteiger partial charge in [0.25, 0.3) is 0 Å². The number of hydrogen-bond acceptors (Lipinski definition) is 4. The first kappa shape index (κ1) is 8.45. The molecule has 0 saturated heterocycles. The van der Waals surface area contributed by atoms with Crippen molar-refractivity contribution >= 4 is 0 Å². The molecule has 2 rings (SSSR count). The summed E-state index contributed by atoms with van der Waals surface area (Å²) in [6.07, 6.45) is 0. The molecule has 0 bridgehead atoms. The summed E-state index contributed by atoms with van der Waals surface area (Å²) in [5, 5.41) is 8.74. The largest absolute Gasteiger partial charge is 0.483 e. The predicted octanol–water partition coefficient (Wildman–Crippen LogP) is 1.15. The molecule has 1 aromatic carbocycles. The second kappa shape index (κ2) is 3.30. The number of nitrogens with zero attached hydrogens (tertiary/aromatic N) is 1.